The molecule has 2 aromatic carbocycles. The van der Waals surface area contributed by atoms with Crippen molar-refractivity contribution in [2.45, 2.75) is 26.8 Å². The Morgan fingerprint density at radius 1 is 1.10 bits per heavy atom. The highest BCUT2D eigenvalue weighted by molar-refractivity contribution is 5.75. The standard InChI is InChI=1S/C19H22FN/c1-14(2)12-15(3)19-17(20)10-7-11-18(19)21-13-16-8-5-4-6-9-16/h4-11,14,21H,3,12-13H2,1-2H3. The molecule has 2 heteroatoms. The molecule has 0 aliphatic carbocycles. The van der Waals surface area contributed by atoms with Crippen LogP contribution >= 0.6 is 0 Å². The van der Waals surface area contributed by atoms with Gasteiger partial charge in [0, 0.05) is 17.8 Å². The molecule has 0 saturated carbocycles. The number of rotatable bonds is 6. The Morgan fingerprint density at radius 3 is 2.48 bits per heavy atom. The summed E-state index contributed by atoms with van der Waals surface area (Å²) in [4.78, 5) is 0. The first kappa shape index (κ1) is 15.3. The van der Waals surface area contributed by atoms with Gasteiger partial charge in [0.25, 0.3) is 0 Å². The van der Waals surface area contributed by atoms with Crippen molar-refractivity contribution in [3.05, 3.63) is 72.1 Å². The Bertz CT molecular complexity index is 602. The first-order chi connectivity index (χ1) is 10.1. The van der Waals surface area contributed by atoms with Gasteiger partial charge in [0.15, 0.2) is 0 Å². The largest absolute Gasteiger partial charge is 0.380 e. The van der Waals surface area contributed by atoms with Crippen molar-refractivity contribution in [2.75, 3.05) is 5.32 Å². The van der Waals surface area contributed by atoms with Crippen molar-refractivity contribution in [3.63, 3.8) is 0 Å². The molecule has 0 aliphatic rings. The number of anilines is 1. The van der Waals surface area contributed by atoms with Gasteiger partial charge in [-0.05, 0) is 35.6 Å². The van der Waals surface area contributed by atoms with Gasteiger partial charge < -0.3 is 5.32 Å². The molecule has 0 amide bonds. The second-order valence-electron chi connectivity index (χ2n) is 5.70. The predicted octanol–water partition coefficient (Wildman–Crippen LogP) is 5.50. The van der Waals surface area contributed by atoms with Gasteiger partial charge in [0.05, 0.1) is 0 Å². The van der Waals surface area contributed by atoms with E-state index in [4.69, 9.17) is 0 Å². The summed E-state index contributed by atoms with van der Waals surface area (Å²) in [7, 11) is 0. The van der Waals surface area contributed by atoms with E-state index in [0.29, 0.717) is 18.0 Å². The van der Waals surface area contributed by atoms with E-state index < -0.39 is 0 Å². The van der Waals surface area contributed by atoms with Crippen LogP contribution in [0.15, 0.2) is 55.1 Å². The van der Waals surface area contributed by atoms with Crippen molar-refractivity contribution in [1.29, 1.82) is 0 Å². The quantitative estimate of drug-likeness (QED) is 0.738. The Labute approximate surface area is 126 Å². The molecule has 0 aliphatic heterocycles. The summed E-state index contributed by atoms with van der Waals surface area (Å²) >= 11 is 0. The van der Waals surface area contributed by atoms with Crippen LogP contribution in [0.2, 0.25) is 0 Å². The maximum absolute atomic E-state index is 14.2. The Kier molecular flexibility index (Phi) is 5.15. The first-order valence-corrected chi connectivity index (χ1v) is 7.32. The second kappa shape index (κ2) is 7.07. The number of halogens is 1. The average Bonchev–Trinajstić information content (AvgIpc) is 2.45. The molecule has 0 fully saturated rings. The summed E-state index contributed by atoms with van der Waals surface area (Å²) in [5, 5.41) is 3.32. The van der Waals surface area contributed by atoms with Crippen LogP contribution in [0.3, 0.4) is 0 Å². The van der Waals surface area contributed by atoms with E-state index in [-0.39, 0.29) is 5.82 Å². The van der Waals surface area contributed by atoms with Gasteiger partial charge in [-0.15, -0.1) is 0 Å². The number of nitrogens with one attached hydrogen (secondary N) is 1. The highest BCUT2D eigenvalue weighted by Crippen LogP contribution is 2.30. The number of hydrogen-bond donors (Lipinski definition) is 1. The Morgan fingerprint density at radius 2 is 1.81 bits per heavy atom. The molecule has 1 nitrogen and oxygen atoms in total. The monoisotopic (exact) mass is 283 g/mol. The fourth-order valence-corrected chi connectivity index (χ4v) is 2.42. The van der Waals surface area contributed by atoms with E-state index in [1.54, 1.807) is 6.07 Å². The van der Waals surface area contributed by atoms with Crippen molar-refractivity contribution in [3.8, 4) is 0 Å². The van der Waals surface area contributed by atoms with E-state index in [0.717, 1.165) is 17.7 Å². The smallest absolute Gasteiger partial charge is 0.132 e. The molecule has 1 N–H and O–H groups in total. The molecule has 2 aromatic rings. The fraction of sp³-hybridized carbons (Fsp3) is 0.263. The Hall–Kier alpha value is -2.09. The third-order valence-electron chi connectivity index (χ3n) is 3.35. The molecule has 2 rings (SSSR count). The number of allylic oxidation sites excluding steroid dienone is 1. The zero-order chi connectivity index (χ0) is 15.2. The van der Waals surface area contributed by atoms with E-state index >= 15 is 0 Å². The second-order valence-corrected chi connectivity index (χ2v) is 5.70. The Balaban J connectivity index is 2.19. The van der Waals surface area contributed by atoms with Gasteiger partial charge >= 0.3 is 0 Å². The van der Waals surface area contributed by atoms with Crippen molar-refractivity contribution in [1.82, 2.24) is 0 Å². The maximum Gasteiger partial charge on any atom is 0.132 e. The lowest BCUT2D eigenvalue weighted by atomic mass is 9.96. The van der Waals surface area contributed by atoms with E-state index in [1.807, 2.05) is 24.3 Å². The van der Waals surface area contributed by atoms with Gasteiger partial charge in [-0.2, -0.15) is 0 Å². The van der Waals surface area contributed by atoms with Crippen LogP contribution in [0.25, 0.3) is 5.57 Å². The zero-order valence-corrected chi connectivity index (χ0v) is 12.7. The third-order valence-corrected chi connectivity index (χ3v) is 3.35. The van der Waals surface area contributed by atoms with Crippen LogP contribution in [0.5, 0.6) is 0 Å². The highest BCUT2D eigenvalue weighted by Gasteiger charge is 2.12. The minimum absolute atomic E-state index is 0.210. The molecular formula is C19H22FN. The molecule has 0 radical (unpaired) electrons. The van der Waals surface area contributed by atoms with E-state index in [9.17, 15) is 4.39 Å². The van der Waals surface area contributed by atoms with E-state index in [2.05, 4.69) is 37.9 Å². The normalized spacial score (nSPS) is 10.7. The summed E-state index contributed by atoms with van der Waals surface area (Å²) in [6.07, 6.45) is 0.793. The van der Waals surface area contributed by atoms with Crippen LogP contribution < -0.4 is 5.32 Å². The zero-order valence-electron chi connectivity index (χ0n) is 12.7. The number of benzene rings is 2. The minimum Gasteiger partial charge on any atom is -0.380 e. The third kappa shape index (κ3) is 4.19. The average molecular weight is 283 g/mol. The summed E-state index contributed by atoms with van der Waals surface area (Å²) in [6.45, 7) is 8.96. The summed E-state index contributed by atoms with van der Waals surface area (Å²) in [5.41, 5.74) is 3.44. The van der Waals surface area contributed by atoms with E-state index in [1.165, 1.54) is 11.6 Å². The van der Waals surface area contributed by atoms with Gasteiger partial charge in [-0.3, -0.25) is 0 Å². The van der Waals surface area contributed by atoms with Crippen LogP contribution in [0, 0.1) is 11.7 Å². The molecule has 0 saturated heterocycles. The lowest BCUT2D eigenvalue weighted by Gasteiger charge is -2.16. The maximum atomic E-state index is 14.2. The summed E-state index contributed by atoms with van der Waals surface area (Å²) < 4.78 is 14.2. The van der Waals surface area contributed by atoms with Gasteiger partial charge in [-0.25, -0.2) is 4.39 Å². The van der Waals surface area contributed by atoms with Crippen LogP contribution in [0.4, 0.5) is 10.1 Å². The molecular weight excluding hydrogens is 261 g/mol. The van der Waals surface area contributed by atoms with Gasteiger partial charge in [0.1, 0.15) is 5.82 Å². The minimum atomic E-state index is -0.210. The topological polar surface area (TPSA) is 12.0 Å². The van der Waals surface area contributed by atoms with Crippen LogP contribution in [-0.4, -0.2) is 0 Å². The molecule has 110 valence electrons. The van der Waals surface area contributed by atoms with Gasteiger partial charge in [0.2, 0.25) is 0 Å². The van der Waals surface area contributed by atoms with Crippen molar-refractivity contribution < 1.29 is 4.39 Å². The van der Waals surface area contributed by atoms with Crippen molar-refractivity contribution in [2.24, 2.45) is 5.92 Å². The molecule has 0 aromatic heterocycles. The van der Waals surface area contributed by atoms with Gasteiger partial charge in [-0.1, -0.05) is 56.8 Å². The van der Waals surface area contributed by atoms with Crippen LogP contribution in [-0.2, 0) is 6.54 Å². The molecule has 0 bridgehead atoms. The molecule has 0 spiro atoms. The first-order valence-electron chi connectivity index (χ1n) is 7.32. The summed E-state index contributed by atoms with van der Waals surface area (Å²) in [5.74, 6) is 0.248. The fourth-order valence-electron chi connectivity index (χ4n) is 2.42. The lowest BCUT2D eigenvalue weighted by Crippen LogP contribution is -2.04. The molecule has 0 atom stereocenters. The SMILES string of the molecule is C=C(CC(C)C)c1c(F)cccc1NCc1ccccc1. The lowest BCUT2D eigenvalue weighted by molar-refractivity contribution is 0.618. The molecule has 21 heavy (non-hydrogen) atoms. The summed E-state index contributed by atoms with van der Waals surface area (Å²) in [6, 6.07) is 15.2. The van der Waals surface area contributed by atoms with Crippen molar-refractivity contribution >= 4 is 11.3 Å². The highest BCUT2D eigenvalue weighted by atomic mass is 19.1. The molecule has 0 unspecified atom stereocenters. The molecule has 0 heterocycles. The predicted molar refractivity (Wildman–Crippen MR) is 88.7 cm³/mol. The number of hydrogen-bond acceptors (Lipinski definition) is 1. The van der Waals surface area contributed by atoms with Crippen LogP contribution in [0.1, 0.15) is 31.4 Å².